The fraction of sp³-hybridized carbons (Fsp3) is 0.0625. The van der Waals surface area contributed by atoms with E-state index in [-0.39, 0.29) is 11.6 Å². The summed E-state index contributed by atoms with van der Waals surface area (Å²) in [4.78, 5) is 30.9. The zero-order valence-corrected chi connectivity index (χ0v) is 21.0. The molecule has 2 aromatic heterocycles. The van der Waals surface area contributed by atoms with Crippen LogP contribution in [-0.4, -0.2) is 35.8 Å². The molecule has 0 fully saturated rings. The zero-order chi connectivity index (χ0) is 26.5. The molecule has 0 aliphatic rings. The highest BCUT2D eigenvalue weighted by atomic mass is 16.5. The first-order valence-electron chi connectivity index (χ1n) is 12.1. The van der Waals surface area contributed by atoms with Gasteiger partial charge in [-0.1, -0.05) is 60.7 Å². The number of aromatic nitrogens is 2. The van der Waals surface area contributed by atoms with E-state index in [0.717, 1.165) is 33.3 Å². The summed E-state index contributed by atoms with van der Waals surface area (Å²) in [6.07, 6.45) is 0. The number of H-pyrrole nitrogens is 2. The summed E-state index contributed by atoms with van der Waals surface area (Å²) in [5, 5.41) is 1.94. The monoisotopic (exact) mass is 502 g/mol. The number of hydrogen-bond donors (Lipinski definition) is 2. The normalized spacial score (nSPS) is 10.6. The van der Waals surface area contributed by atoms with Crippen LogP contribution < -0.4 is 9.47 Å². The molecular formula is C32H26N2O4. The second kappa shape index (κ2) is 10.9. The van der Waals surface area contributed by atoms with Gasteiger partial charge in [0.2, 0.25) is 11.6 Å². The summed E-state index contributed by atoms with van der Waals surface area (Å²) in [6.45, 7) is 0. The topological polar surface area (TPSA) is 84.2 Å². The van der Waals surface area contributed by atoms with Crippen LogP contribution in [-0.2, 0) is 0 Å². The summed E-state index contributed by atoms with van der Waals surface area (Å²) >= 11 is 0. The number of ether oxygens (including phenoxy) is 2. The van der Waals surface area contributed by atoms with E-state index in [4.69, 9.17) is 9.47 Å². The Morgan fingerprint density at radius 2 is 0.921 bits per heavy atom. The average Bonchev–Trinajstić information content (AvgIpc) is 3.61. The molecular weight excluding hydrogens is 476 g/mol. The van der Waals surface area contributed by atoms with E-state index < -0.39 is 0 Å². The number of benzene rings is 4. The molecule has 6 aromatic rings. The van der Waals surface area contributed by atoms with Gasteiger partial charge in [0, 0.05) is 32.9 Å². The summed E-state index contributed by atoms with van der Waals surface area (Å²) < 4.78 is 10.4. The number of nitrogens with one attached hydrogen (secondary N) is 2. The van der Waals surface area contributed by atoms with Gasteiger partial charge in [-0.25, -0.2) is 0 Å². The minimum absolute atomic E-state index is 0.00392. The van der Waals surface area contributed by atoms with Crippen molar-refractivity contribution >= 4 is 33.4 Å². The van der Waals surface area contributed by atoms with Crippen LogP contribution >= 0.6 is 0 Å². The van der Waals surface area contributed by atoms with Gasteiger partial charge in [0.25, 0.3) is 0 Å². The Labute approximate surface area is 219 Å². The minimum atomic E-state index is -0.00392. The Morgan fingerprint density at radius 1 is 0.526 bits per heavy atom. The Balaban J connectivity index is 0.000000155. The molecule has 0 aliphatic carbocycles. The first-order valence-corrected chi connectivity index (χ1v) is 12.1. The molecule has 0 radical (unpaired) electrons. The van der Waals surface area contributed by atoms with E-state index in [2.05, 4.69) is 9.97 Å². The van der Waals surface area contributed by atoms with Crippen molar-refractivity contribution in [2.75, 3.05) is 14.2 Å². The molecule has 0 spiro atoms. The van der Waals surface area contributed by atoms with Crippen LogP contribution in [0.2, 0.25) is 0 Å². The summed E-state index contributed by atoms with van der Waals surface area (Å²) in [5.74, 6) is 1.56. The molecule has 188 valence electrons. The van der Waals surface area contributed by atoms with E-state index in [1.807, 2.05) is 109 Å². The standard InChI is InChI=1S/2C16H13NO2/c2*1-19-13-7-8-14-12(9-13)10-15(17-14)16(18)11-5-3-2-4-6-11/h2*2-10,17H,1H3. The molecule has 6 heteroatoms. The maximum atomic E-state index is 12.3. The summed E-state index contributed by atoms with van der Waals surface area (Å²) in [5.41, 5.74) is 4.41. The Kier molecular flexibility index (Phi) is 7.04. The van der Waals surface area contributed by atoms with Crippen LogP contribution in [0, 0.1) is 0 Å². The van der Waals surface area contributed by atoms with E-state index in [1.165, 1.54) is 0 Å². The Bertz CT molecular complexity index is 1590. The number of fused-ring (bicyclic) bond motifs is 2. The molecule has 0 unspecified atom stereocenters. The van der Waals surface area contributed by atoms with Crippen LogP contribution in [0.15, 0.2) is 109 Å². The van der Waals surface area contributed by atoms with E-state index in [9.17, 15) is 9.59 Å². The van der Waals surface area contributed by atoms with Gasteiger partial charge >= 0.3 is 0 Å². The molecule has 6 nitrogen and oxygen atoms in total. The number of methoxy groups -OCH3 is 2. The van der Waals surface area contributed by atoms with Gasteiger partial charge in [0.1, 0.15) is 11.5 Å². The van der Waals surface area contributed by atoms with Crippen molar-refractivity contribution in [2.45, 2.75) is 0 Å². The second-order valence-electron chi connectivity index (χ2n) is 8.66. The number of hydrogen-bond acceptors (Lipinski definition) is 4. The third-order valence-electron chi connectivity index (χ3n) is 6.22. The van der Waals surface area contributed by atoms with E-state index in [1.54, 1.807) is 14.2 Å². The molecule has 2 N–H and O–H groups in total. The highest BCUT2D eigenvalue weighted by Crippen LogP contribution is 2.24. The molecule has 0 saturated carbocycles. The molecule has 6 rings (SSSR count). The zero-order valence-electron chi connectivity index (χ0n) is 21.0. The van der Waals surface area contributed by atoms with Crippen molar-refractivity contribution in [1.29, 1.82) is 0 Å². The fourth-order valence-electron chi connectivity index (χ4n) is 4.21. The van der Waals surface area contributed by atoms with Gasteiger partial charge in [-0.05, 0) is 48.5 Å². The van der Waals surface area contributed by atoms with E-state index in [0.29, 0.717) is 22.5 Å². The Hall–Kier alpha value is -5.10. The lowest BCUT2D eigenvalue weighted by Crippen LogP contribution is -2.00. The van der Waals surface area contributed by atoms with Crippen LogP contribution in [0.5, 0.6) is 11.5 Å². The number of aromatic amines is 2. The lowest BCUT2D eigenvalue weighted by atomic mass is 10.1. The van der Waals surface area contributed by atoms with Gasteiger partial charge in [-0.2, -0.15) is 0 Å². The third-order valence-corrected chi connectivity index (χ3v) is 6.22. The Morgan fingerprint density at radius 3 is 1.29 bits per heavy atom. The molecule has 2 heterocycles. The summed E-state index contributed by atoms with van der Waals surface area (Å²) in [7, 11) is 3.26. The molecule has 0 amide bonds. The van der Waals surface area contributed by atoms with Crippen molar-refractivity contribution in [3.05, 3.63) is 132 Å². The van der Waals surface area contributed by atoms with Crippen molar-refractivity contribution in [3.63, 3.8) is 0 Å². The van der Waals surface area contributed by atoms with Gasteiger partial charge in [0.05, 0.1) is 25.6 Å². The largest absolute Gasteiger partial charge is 0.497 e. The maximum Gasteiger partial charge on any atom is 0.209 e. The van der Waals surface area contributed by atoms with Crippen LogP contribution in [0.4, 0.5) is 0 Å². The molecule has 0 bridgehead atoms. The molecule has 4 aromatic carbocycles. The lowest BCUT2D eigenvalue weighted by molar-refractivity contribution is 0.102. The molecule has 0 saturated heterocycles. The third kappa shape index (κ3) is 5.20. The minimum Gasteiger partial charge on any atom is -0.497 e. The first-order chi connectivity index (χ1) is 18.6. The van der Waals surface area contributed by atoms with Crippen molar-refractivity contribution in [2.24, 2.45) is 0 Å². The van der Waals surface area contributed by atoms with Crippen molar-refractivity contribution < 1.29 is 19.1 Å². The van der Waals surface area contributed by atoms with Crippen LogP contribution in [0.3, 0.4) is 0 Å². The van der Waals surface area contributed by atoms with E-state index >= 15 is 0 Å². The lowest BCUT2D eigenvalue weighted by Gasteiger charge is -1.97. The second-order valence-corrected chi connectivity index (χ2v) is 8.66. The van der Waals surface area contributed by atoms with Crippen LogP contribution in [0.1, 0.15) is 32.1 Å². The highest BCUT2D eigenvalue weighted by molar-refractivity contribution is 6.10. The number of carbonyl (C=O) groups is 2. The van der Waals surface area contributed by atoms with Gasteiger partial charge in [0.15, 0.2) is 0 Å². The maximum absolute atomic E-state index is 12.3. The smallest absolute Gasteiger partial charge is 0.209 e. The van der Waals surface area contributed by atoms with Crippen LogP contribution in [0.25, 0.3) is 21.8 Å². The number of rotatable bonds is 6. The van der Waals surface area contributed by atoms with Gasteiger partial charge < -0.3 is 19.4 Å². The predicted octanol–water partition coefficient (Wildman–Crippen LogP) is 6.82. The van der Waals surface area contributed by atoms with Gasteiger partial charge in [-0.15, -0.1) is 0 Å². The predicted molar refractivity (Wildman–Crippen MR) is 149 cm³/mol. The molecule has 38 heavy (non-hydrogen) atoms. The highest BCUT2D eigenvalue weighted by Gasteiger charge is 2.13. The summed E-state index contributed by atoms with van der Waals surface area (Å²) in [6, 6.07) is 33.6. The fourth-order valence-corrected chi connectivity index (χ4v) is 4.21. The van der Waals surface area contributed by atoms with Crippen molar-refractivity contribution in [1.82, 2.24) is 9.97 Å². The number of carbonyl (C=O) groups excluding carboxylic acids is 2. The number of ketones is 2. The van der Waals surface area contributed by atoms with Gasteiger partial charge in [-0.3, -0.25) is 9.59 Å². The quantitative estimate of drug-likeness (QED) is 0.245. The SMILES string of the molecule is COc1ccc2[nH]c(C(=O)c3ccccc3)cc2c1.COc1ccc2[nH]c(C(=O)c3ccccc3)cc2c1. The molecule has 0 atom stereocenters. The first kappa shape index (κ1) is 24.6. The average molecular weight is 503 g/mol. The molecule has 0 aliphatic heterocycles. The van der Waals surface area contributed by atoms with Crippen molar-refractivity contribution in [3.8, 4) is 11.5 Å².